The van der Waals surface area contributed by atoms with Crippen molar-refractivity contribution in [1.29, 1.82) is 0 Å². The Kier molecular flexibility index (Phi) is 5.09. The van der Waals surface area contributed by atoms with Gasteiger partial charge in [-0.15, -0.1) is 0 Å². The summed E-state index contributed by atoms with van der Waals surface area (Å²) >= 11 is 0. The van der Waals surface area contributed by atoms with Gasteiger partial charge >= 0.3 is 6.18 Å². The minimum absolute atomic E-state index is 0.210. The van der Waals surface area contributed by atoms with Crippen molar-refractivity contribution in [3.05, 3.63) is 65.0 Å². The molecule has 2 heterocycles. The molecule has 31 heavy (non-hydrogen) atoms. The third-order valence-corrected chi connectivity index (χ3v) is 4.59. The largest absolute Gasteiger partial charge is 0.405 e. The summed E-state index contributed by atoms with van der Waals surface area (Å²) in [6.45, 7) is -2.06. The number of aromatic amines is 1. The fourth-order valence-corrected chi connectivity index (χ4v) is 3.21. The second-order valence-electron chi connectivity index (χ2n) is 6.83. The van der Waals surface area contributed by atoms with Crippen LogP contribution in [0, 0.1) is 5.82 Å². The molecule has 2 aromatic heterocycles. The van der Waals surface area contributed by atoms with Gasteiger partial charge < -0.3 is 15.2 Å². The fourth-order valence-electron chi connectivity index (χ4n) is 3.21. The standard InChI is InChI=1S/C20H15F4N5O2/c21-14-7-13(6-12-8-26-28-18(12)14)27-15-3-1-2-11-4-5-29(19(31)17(11)15)9-16(30)25-10-20(22,23)24/h1-8,27H,9-10H2,(H,25,30)(H,26,28). The smallest absolute Gasteiger partial charge is 0.355 e. The second-order valence-corrected chi connectivity index (χ2v) is 6.83. The van der Waals surface area contributed by atoms with E-state index in [1.165, 1.54) is 18.5 Å². The van der Waals surface area contributed by atoms with Gasteiger partial charge in [0.25, 0.3) is 5.56 Å². The van der Waals surface area contributed by atoms with E-state index in [2.05, 4.69) is 15.5 Å². The predicted octanol–water partition coefficient (Wildman–Crippen LogP) is 3.44. The number of pyridine rings is 1. The van der Waals surface area contributed by atoms with Crippen LogP contribution < -0.4 is 16.2 Å². The molecule has 0 aliphatic rings. The van der Waals surface area contributed by atoms with Crippen LogP contribution >= 0.6 is 0 Å². The molecule has 3 N–H and O–H groups in total. The summed E-state index contributed by atoms with van der Waals surface area (Å²) in [5, 5.41) is 12.3. The maximum atomic E-state index is 14.2. The third-order valence-electron chi connectivity index (χ3n) is 4.59. The number of rotatable bonds is 5. The number of nitrogens with one attached hydrogen (secondary N) is 3. The molecule has 4 rings (SSSR count). The van der Waals surface area contributed by atoms with Gasteiger partial charge in [-0.2, -0.15) is 18.3 Å². The number of hydrogen-bond acceptors (Lipinski definition) is 4. The molecule has 0 atom stereocenters. The summed E-state index contributed by atoms with van der Waals surface area (Å²) in [7, 11) is 0. The maximum absolute atomic E-state index is 14.2. The quantitative estimate of drug-likeness (QED) is 0.421. The molecule has 11 heteroatoms. The first-order valence-electron chi connectivity index (χ1n) is 9.06. The Morgan fingerprint density at radius 2 is 1.97 bits per heavy atom. The van der Waals surface area contributed by atoms with Gasteiger partial charge in [-0.25, -0.2) is 4.39 Å². The van der Waals surface area contributed by atoms with Crippen LogP contribution in [0.15, 0.2) is 53.6 Å². The number of anilines is 2. The van der Waals surface area contributed by atoms with Crippen LogP contribution in [-0.4, -0.2) is 33.4 Å². The number of amides is 1. The Bertz CT molecular complexity index is 1340. The summed E-state index contributed by atoms with van der Waals surface area (Å²) in [6.07, 6.45) is -1.76. The first kappa shape index (κ1) is 20.4. The van der Waals surface area contributed by atoms with Gasteiger partial charge in [-0.3, -0.25) is 14.7 Å². The van der Waals surface area contributed by atoms with Crippen LogP contribution in [0.4, 0.5) is 28.9 Å². The highest BCUT2D eigenvalue weighted by Gasteiger charge is 2.27. The number of fused-ring (bicyclic) bond motifs is 2. The van der Waals surface area contributed by atoms with Crippen LogP contribution in [0.5, 0.6) is 0 Å². The minimum Gasteiger partial charge on any atom is -0.355 e. The molecular formula is C20H15F4N5O2. The first-order valence-corrected chi connectivity index (χ1v) is 9.06. The number of halogens is 4. The van der Waals surface area contributed by atoms with Gasteiger partial charge in [-0.1, -0.05) is 12.1 Å². The minimum atomic E-state index is -4.55. The highest BCUT2D eigenvalue weighted by atomic mass is 19.4. The molecule has 0 spiro atoms. The van der Waals surface area contributed by atoms with E-state index in [1.54, 1.807) is 35.6 Å². The normalized spacial score (nSPS) is 11.7. The summed E-state index contributed by atoms with van der Waals surface area (Å²) < 4.78 is 52.1. The maximum Gasteiger partial charge on any atom is 0.405 e. The molecule has 4 aromatic rings. The molecule has 1 amide bonds. The molecule has 0 aliphatic carbocycles. The van der Waals surface area contributed by atoms with Gasteiger partial charge in [0.05, 0.1) is 17.3 Å². The zero-order valence-electron chi connectivity index (χ0n) is 15.8. The van der Waals surface area contributed by atoms with Crippen LogP contribution in [0.3, 0.4) is 0 Å². The van der Waals surface area contributed by atoms with E-state index in [1.807, 2.05) is 0 Å². The summed E-state index contributed by atoms with van der Waals surface area (Å²) in [5.74, 6) is -1.48. The SMILES string of the molecule is O=C(Cn1ccc2cccc(Nc3cc(F)c4[nH]ncc4c3)c2c1=O)NCC(F)(F)F. The Morgan fingerprint density at radius 3 is 2.74 bits per heavy atom. The van der Waals surface area contributed by atoms with Crippen molar-refractivity contribution in [2.24, 2.45) is 0 Å². The molecule has 0 aliphatic heterocycles. The fraction of sp³-hybridized carbons (Fsp3) is 0.150. The molecule has 2 aromatic carbocycles. The summed E-state index contributed by atoms with van der Waals surface area (Å²) in [6, 6.07) is 9.43. The number of benzene rings is 2. The molecule has 0 unspecified atom stereocenters. The first-order chi connectivity index (χ1) is 14.7. The lowest BCUT2D eigenvalue weighted by molar-refractivity contribution is -0.138. The van der Waals surface area contributed by atoms with Crippen molar-refractivity contribution in [3.8, 4) is 0 Å². The molecular weight excluding hydrogens is 418 g/mol. The molecule has 0 saturated heterocycles. The van der Waals surface area contributed by atoms with E-state index in [0.29, 0.717) is 22.1 Å². The van der Waals surface area contributed by atoms with Crippen molar-refractivity contribution in [3.63, 3.8) is 0 Å². The van der Waals surface area contributed by atoms with Gasteiger partial charge in [0.15, 0.2) is 5.82 Å². The lowest BCUT2D eigenvalue weighted by atomic mass is 10.1. The van der Waals surface area contributed by atoms with E-state index >= 15 is 0 Å². The zero-order chi connectivity index (χ0) is 22.2. The highest BCUT2D eigenvalue weighted by Crippen LogP contribution is 2.27. The van der Waals surface area contributed by atoms with Gasteiger partial charge in [-0.05, 0) is 29.7 Å². The highest BCUT2D eigenvalue weighted by molar-refractivity contribution is 5.95. The second kappa shape index (κ2) is 7.74. The lowest BCUT2D eigenvalue weighted by Gasteiger charge is -2.13. The summed E-state index contributed by atoms with van der Waals surface area (Å²) in [4.78, 5) is 24.8. The average Bonchev–Trinajstić information content (AvgIpc) is 3.17. The molecule has 0 saturated carbocycles. The lowest BCUT2D eigenvalue weighted by Crippen LogP contribution is -2.37. The van der Waals surface area contributed by atoms with Crippen LogP contribution in [0.1, 0.15) is 0 Å². The zero-order valence-corrected chi connectivity index (χ0v) is 15.8. The average molecular weight is 433 g/mol. The number of nitrogens with zero attached hydrogens (tertiary/aromatic N) is 2. The van der Waals surface area contributed by atoms with Crippen LogP contribution in [0.25, 0.3) is 21.7 Å². The van der Waals surface area contributed by atoms with E-state index < -0.39 is 36.5 Å². The van der Waals surface area contributed by atoms with E-state index in [-0.39, 0.29) is 10.9 Å². The Labute approximate surface area is 171 Å². The van der Waals surface area contributed by atoms with E-state index in [9.17, 15) is 27.2 Å². The van der Waals surface area contributed by atoms with Crippen LogP contribution in [-0.2, 0) is 11.3 Å². The van der Waals surface area contributed by atoms with Crippen molar-refractivity contribution in [2.75, 3.05) is 11.9 Å². The number of carbonyl (C=O) groups excluding carboxylic acids is 1. The molecule has 7 nitrogen and oxygen atoms in total. The van der Waals surface area contributed by atoms with Crippen molar-refractivity contribution < 1.29 is 22.4 Å². The monoisotopic (exact) mass is 433 g/mol. The van der Waals surface area contributed by atoms with Crippen LogP contribution in [0.2, 0.25) is 0 Å². The number of carbonyl (C=O) groups is 1. The van der Waals surface area contributed by atoms with Gasteiger partial charge in [0.1, 0.15) is 18.6 Å². The van der Waals surface area contributed by atoms with E-state index in [4.69, 9.17) is 0 Å². The number of aromatic nitrogens is 3. The number of alkyl halides is 3. The Balaban J connectivity index is 1.67. The Morgan fingerprint density at radius 1 is 1.16 bits per heavy atom. The van der Waals surface area contributed by atoms with Crippen molar-refractivity contribution in [2.45, 2.75) is 12.7 Å². The number of hydrogen-bond donors (Lipinski definition) is 3. The summed E-state index contributed by atoms with van der Waals surface area (Å²) in [5.41, 5.74) is 0.398. The van der Waals surface area contributed by atoms with Crippen molar-refractivity contribution in [1.82, 2.24) is 20.1 Å². The molecule has 160 valence electrons. The number of H-pyrrole nitrogens is 1. The molecule has 0 fully saturated rings. The topological polar surface area (TPSA) is 91.8 Å². The van der Waals surface area contributed by atoms with Gasteiger partial charge in [0, 0.05) is 17.3 Å². The Hall–Kier alpha value is -3.89. The molecule has 0 radical (unpaired) electrons. The third kappa shape index (κ3) is 4.34. The predicted molar refractivity (Wildman–Crippen MR) is 107 cm³/mol. The molecule has 0 bridgehead atoms. The van der Waals surface area contributed by atoms with Crippen molar-refractivity contribution >= 4 is 39.0 Å². The van der Waals surface area contributed by atoms with E-state index in [0.717, 1.165) is 4.57 Å². The van der Waals surface area contributed by atoms with Gasteiger partial charge in [0.2, 0.25) is 5.91 Å².